The van der Waals surface area contributed by atoms with E-state index in [0.717, 1.165) is 37.6 Å². The minimum absolute atomic E-state index is 0.344. The molecule has 1 saturated carbocycles. The molecule has 1 aliphatic rings. The van der Waals surface area contributed by atoms with Gasteiger partial charge in [-0.2, -0.15) is 14.6 Å². The van der Waals surface area contributed by atoms with Gasteiger partial charge < -0.3 is 19.8 Å². The largest absolute Gasteiger partial charge is 0.461 e. The first-order valence-corrected chi connectivity index (χ1v) is 12.1. The highest BCUT2D eigenvalue weighted by Crippen LogP contribution is 2.29. The molecule has 0 radical (unpaired) electrons. The van der Waals surface area contributed by atoms with Crippen molar-refractivity contribution >= 4 is 28.7 Å². The van der Waals surface area contributed by atoms with E-state index in [-0.39, 0.29) is 6.09 Å². The first-order chi connectivity index (χ1) is 16.7. The van der Waals surface area contributed by atoms with Gasteiger partial charge in [-0.25, -0.2) is 9.78 Å². The molecule has 1 aliphatic carbocycles. The van der Waals surface area contributed by atoms with E-state index in [1.165, 1.54) is 0 Å². The highest BCUT2D eigenvalue weighted by atomic mass is 16.6. The number of alkyl carbamates (subject to hydrolysis) is 1. The number of rotatable bonds is 6. The van der Waals surface area contributed by atoms with E-state index in [1.54, 1.807) is 15.5 Å². The lowest BCUT2D eigenvalue weighted by molar-refractivity contribution is 0.0513. The van der Waals surface area contributed by atoms with Crippen LogP contribution in [0.4, 0.5) is 10.7 Å². The van der Waals surface area contributed by atoms with Gasteiger partial charge in [0.05, 0.1) is 11.6 Å². The Bertz CT molecular complexity index is 1310. The third-order valence-electron chi connectivity index (χ3n) is 6.26. The maximum Gasteiger partial charge on any atom is 0.407 e. The van der Waals surface area contributed by atoms with Crippen LogP contribution in [0.3, 0.4) is 0 Å². The first kappa shape index (κ1) is 23.1. The molecule has 0 atom stereocenters. The quantitative estimate of drug-likeness (QED) is 0.424. The predicted octanol–water partition coefficient (Wildman–Crippen LogP) is 4.01. The van der Waals surface area contributed by atoms with E-state index in [4.69, 9.17) is 19.1 Å². The summed E-state index contributed by atoms with van der Waals surface area (Å²) in [6.45, 7) is 7.05. The molecule has 2 N–H and O–H groups in total. The monoisotopic (exact) mass is 480 g/mol. The third kappa shape index (κ3) is 5.23. The smallest absolute Gasteiger partial charge is 0.407 e. The van der Waals surface area contributed by atoms with Crippen LogP contribution in [0, 0.1) is 11.8 Å². The van der Waals surface area contributed by atoms with Crippen LogP contribution in [0.1, 0.15) is 46.5 Å². The van der Waals surface area contributed by atoms with Crippen LogP contribution in [0.25, 0.3) is 28.3 Å². The summed E-state index contributed by atoms with van der Waals surface area (Å²) in [6, 6.07) is 3.66. The fourth-order valence-corrected chi connectivity index (χ4v) is 4.54. The number of fused-ring (bicyclic) bond motifs is 3. The lowest BCUT2D eigenvalue weighted by Gasteiger charge is -2.29. The summed E-state index contributed by atoms with van der Waals surface area (Å²) in [6.07, 6.45) is 7.46. The van der Waals surface area contributed by atoms with Gasteiger partial charge in [0.15, 0.2) is 17.1 Å². The van der Waals surface area contributed by atoms with Crippen molar-refractivity contribution in [1.29, 1.82) is 0 Å². The van der Waals surface area contributed by atoms with Crippen molar-refractivity contribution < 1.29 is 13.9 Å². The zero-order chi connectivity index (χ0) is 24.6. The van der Waals surface area contributed by atoms with Gasteiger partial charge >= 0.3 is 6.09 Å². The molecular formula is C24H32N8O3. The molecule has 5 rings (SSSR count). The van der Waals surface area contributed by atoms with Crippen LogP contribution in [-0.4, -0.2) is 54.1 Å². The molecule has 1 amide bonds. The number of aromatic nitrogens is 6. The van der Waals surface area contributed by atoms with Crippen LogP contribution in [0.15, 0.2) is 29.0 Å². The summed E-state index contributed by atoms with van der Waals surface area (Å²) < 4.78 is 14.3. The summed E-state index contributed by atoms with van der Waals surface area (Å²) in [5, 5.41) is 16.4. The predicted molar refractivity (Wildman–Crippen MR) is 131 cm³/mol. The van der Waals surface area contributed by atoms with Crippen LogP contribution in [0.2, 0.25) is 0 Å². The molecule has 0 spiro atoms. The molecule has 0 bridgehead atoms. The first-order valence-electron chi connectivity index (χ1n) is 12.1. The second kappa shape index (κ2) is 9.20. The molecule has 4 aromatic rings. The number of furan rings is 1. The van der Waals surface area contributed by atoms with Crippen LogP contribution in [0.5, 0.6) is 0 Å². The summed E-state index contributed by atoms with van der Waals surface area (Å²) in [5.74, 6) is 2.71. The van der Waals surface area contributed by atoms with Crippen molar-refractivity contribution in [2.75, 3.05) is 18.4 Å². The van der Waals surface area contributed by atoms with Gasteiger partial charge in [0.2, 0.25) is 11.8 Å². The Balaban J connectivity index is 1.23. The van der Waals surface area contributed by atoms with Crippen LogP contribution >= 0.6 is 0 Å². The van der Waals surface area contributed by atoms with E-state index in [1.807, 2.05) is 46.1 Å². The average molecular weight is 481 g/mol. The number of nitrogens with zero attached hydrogens (tertiary/aromatic N) is 6. The maximum atomic E-state index is 11.9. The molecule has 0 aliphatic heterocycles. The van der Waals surface area contributed by atoms with E-state index in [2.05, 4.69) is 20.8 Å². The Morgan fingerprint density at radius 2 is 1.89 bits per heavy atom. The second-order valence-corrected chi connectivity index (χ2v) is 10.3. The molecule has 186 valence electrons. The van der Waals surface area contributed by atoms with Gasteiger partial charge in [0, 0.05) is 26.3 Å². The standard InChI is InChI=1S/C24H32N8O3/c1-24(2,3)35-23(33)26-13-16-9-7-15(8-10-16)12-25-22-28-19-17(14-31(4)29-19)21-27-20(30-32(21)22)18-6-5-11-34-18/h5-6,11,14-16H,7-10,12-13H2,1-4H3,(H,26,33)(H,25,28,29). The van der Waals surface area contributed by atoms with E-state index in [9.17, 15) is 4.79 Å². The number of amides is 1. The molecule has 1 fully saturated rings. The number of carbonyl (C=O) groups is 1. The maximum absolute atomic E-state index is 11.9. The van der Waals surface area contributed by atoms with Crippen molar-refractivity contribution in [3.8, 4) is 11.6 Å². The Morgan fingerprint density at radius 1 is 1.14 bits per heavy atom. The summed E-state index contributed by atoms with van der Waals surface area (Å²) in [5.41, 5.74) is 0.834. The highest BCUT2D eigenvalue weighted by Gasteiger charge is 2.24. The summed E-state index contributed by atoms with van der Waals surface area (Å²) in [4.78, 5) is 21.3. The molecule has 0 saturated heterocycles. The van der Waals surface area contributed by atoms with Crippen LogP contribution in [-0.2, 0) is 11.8 Å². The fraction of sp³-hybridized carbons (Fsp3) is 0.542. The average Bonchev–Trinajstić information content (AvgIpc) is 3.54. The molecular weight excluding hydrogens is 448 g/mol. The third-order valence-corrected chi connectivity index (χ3v) is 6.26. The number of hydrogen-bond donors (Lipinski definition) is 2. The van der Waals surface area contributed by atoms with Gasteiger partial charge in [0.25, 0.3) is 0 Å². The van der Waals surface area contributed by atoms with E-state index < -0.39 is 5.60 Å². The van der Waals surface area contributed by atoms with Gasteiger partial charge in [-0.3, -0.25) is 4.68 Å². The summed E-state index contributed by atoms with van der Waals surface area (Å²) >= 11 is 0. The topological polar surface area (TPSA) is 124 Å². The minimum atomic E-state index is -0.478. The fourth-order valence-electron chi connectivity index (χ4n) is 4.54. The Morgan fingerprint density at radius 3 is 2.57 bits per heavy atom. The normalized spacial score (nSPS) is 18.7. The van der Waals surface area contributed by atoms with Gasteiger partial charge in [0.1, 0.15) is 5.60 Å². The van der Waals surface area contributed by atoms with Crippen molar-refractivity contribution in [3.05, 3.63) is 24.6 Å². The number of nitrogens with one attached hydrogen (secondary N) is 2. The Labute approximate surface area is 203 Å². The number of ether oxygens (including phenoxy) is 1. The zero-order valence-corrected chi connectivity index (χ0v) is 20.6. The lowest BCUT2D eigenvalue weighted by Crippen LogP contribution is -2.36. The van der Waals surface area contributed by atoms with Gasteiger partial charge in [-0.1, -0.05) is 0 Å². The van der Waals surface area contributed by atoms with E-state index >= 15 is 0 Å². The lowest BCUT2D eigenvalue weighted by atomic mass is 9.82. The Hall–Kier alpha value is -3.63. The minimum Gasteiger partial charge on any atom is -0.461 e. The van der Waals surface area contributed by atoms with Crippen molar-refractivity contribution in [2.45, 2.75) is 52.1 Å². The Kier molecular flexibility index (Phi) is 6.08. The molecule has 0 aromatic carbocycles. The molecule has 35 heavy (non-hydrogen) atoms. The molecule has 11 nitrogen and oxygen atoms in total. The van der Waals surface area contributed by atoms with Crippen LogP contribution < -0.4 is 10.6 Å². The van der Waals surface area contributed by atoms with Gasteiger partial charge in [-0.15, -0.1) is 5.10 Å². The van der Waals surface area contributed by atoms with Crippen molar-refractivity contribution in [3.63, 3.8) is 0 Å². The number of aryl methyl sites for hydroxylation is 1. The molecule has 4 heterocycles. The molecule has 11 heteroatoms. The van der Waals surface area contributed by atoms with Crippen molar-refractivity contribution in [1.82, 2.24) is 34.7 Å². The van der Waals surface area contributed by atoms with E-state index in [0.29, 0.717) is 47.2 Å². The summed E-state index contributed by atoms with van der Waals surface area (Å²) in [7, 11) is 1.87. The highest BCUT2D eigenvalue weighted by molar-refractivity contribution is 5.90. The molecule has 0 unspecified atom stereocenters. The van der Waals surface area contributed by atoms with Crippen molar-refractivity contribution in [2.24, 2.45) is 18.9 Å². The zero-order valence-electron chi connectivity index (χ0n) is 20.6. The molecule has 4 aromatic heterocycles. The number of carbonyl (C=O) groups excluding carboxylic acids is 1. The number of hydrogen-bond acceptors (Lipinski definition) is 8. The SMILES string of the molecule is Cn1cc2c(nc(NCC3CCC(CNC(=O)OC(C)(C)C)CC3)n3nc(-c4ccco4)nc23)n1. The number of anilines is 1. The van der Waals surface area contributed by atoms with Gasteiger partial charge in [-0.05, 0) is 70.4 Å². The second-order valence-electron chi connectivity index (χ2n) is 10.3.